The second-order valence-corrected chi connectivity index (χ2v) is 13.7. The fraction of sp³-hybridized carbons (Fsp3) is 0.382. The number of carbonyl (C=O) groups excluding carboxylic acids is 2. The topological polar surface area (TPSA) is 126 Å². The van der Waals surface area contributed by atoms with Gasteiger partial charge in [-0.05, 0) is 76.3 Å². The number of para-hydroxylation sites is 1. The Kier molecular flexibility index (Phi) is 8.74. The molecule has 2 fully saturated rings. The Hall–Kier alpha value is -4.44. The number of piperazine rings is 1. The number of likely N-dealkylation sites (tertiary alicyclic amines) is 1. The maximum Gasteiger partial charge on any atom is 0.318 e. The Labute approximate surface area is 270 Å². The number of hydrogen-bond donors (Lipinski definition) is 1. The average molecular weight is 643 g/mol. The van der Waals surface area contributed by atoms with E-state index in [1.807, 2.05) is 0 Å². The Morgan fingerprint density at radius 1 is 0.957 bits per heavy atom. The van der Waals surface area contributed by atoms with Crippen molar-refractivity contribution in [1.82, 2.24) is 20.0 Å². The highest BCUT2D eigenvalue weighted by molar-refractivity contribution is 7.93. The molecule has 0 spiro atoms. The maximum absolute atomic E-state index is 14.9. The van der Waals surface area contributed by atoms with E-state index < -0.39 is 27.5 Å². The van der Waals surface area contributed by atoms with Crippen LogP contribution in [-0.4, -0.2) is 94.0 Å². The van der Waals surface area contributed by atoms with Crippen molar-refractivity contribution >= 4 is 27.6 Å². The Balaban J connectivity index is 1.43. The number of fused-ring (bicyclic) bond motifs is 1. The third kappa shape index (κ3) is 5.48. The number of rotatable bonds is 7. The van der Waals surface area contributed by atoms with E-state index in [0.29, 0.717) is 38.0 Å². The lowest BCUT2D eigenvalue weighted by atomic mass is 9.82. The van der Waals surface area contributed by atoms with Crippen LogP contribution in [0.4, 0.5) is 10.5 Å². The summed E-state index contributed by atoms with van der Waals surface area (Å²) in [4.78, 5) is 35.5. The van der Waals surface area contributed by atoms with Gasteiger partial charge in [0, 0.05) is 43.3 Å². The lowest BCUT2D eigenvalue weighted by molar-refractivity contribution is -0.121. The highest BCUT2D eigenvalue weighted by atomic mass is 32.2. The van der Waals surface area contributed by atoms with E-state index in [2.05, 4.69) is 28.2 Å². The summed E-state index contributed by atoms with van der Waals surface area (Å²) in [7, 11) is -2.29. The van der Waals surface area contributed by atoms with E-state index in [4.69, 9.17) is 4.74 Å². The molecule has 1 N–H and O–H groups in total. The van der Waals surface area contributed by atoms with Gasteiger partial charge in [0.1, 0.15) is 5.75 Å². The van der Waals surface area contributed by atoms with Gasteiger partial charge in [-0.3, -0.25) is 9.69 Å². The lowest BCUT2D eigenvalue weighted by Crippen LogP contribution is -2.61. The van der Waals surface area contributed by atoms with Crippen LogP contribution >= 0.6 is 0 Å². The third-order valence-electron chi connectivity index (χ3n) is 9.23. The van der Waals surface area contributed by atoms with Crippen molar-refractivity contribution in [3.63, 3.8) is 0 Å². The van der Waals surface area contributed by atoms with Crippen LogP contribution in [0.15, 0.2) is 77.7 Å². The highest BCUT2D eigenvalue weighted by Crippen LogP contribution is 2.49. The largest absolute Gasteiger partial charge is 0.493 e. The number of nitrogens with one attached hydrogen (secondary N) is 1. The number of benzene rings is 3. The zero-order valence-electron chi connectivity index (χ0n) is 26.1. The number of urea groups is 1. The predicted molar refractivity (Wildman–Crippen MR) is 173 cm³/mol. The minimum absolute atomic E-state index is 0.0616. The molecule has 3 amide bonds. The van der Waals surface area contributed by atoms with Crippen LogP contribution in [0.2, 0.25) is 0 Å². The summed E-state index contributed by atoms with van der Waals surface area (Å²) < 4.78 is 35.0. The van der Waals surface area contributed by atoms with Crippen LogP contribution < -0.4 is 14.4 Å². The molecule has 3 aliphatic heterocycles. The average Bonchev–Trinajstić information content (AvgIpc) is 3.33. The van der Waals surface area contributed by atoms with E-state index in [9.17, 15) is 23.3 Å². The SMILES string of the molecule is CCOc1ccccc1C1(NC(=O)N2CCN(C3CCN(C)CC3)CC2)C(=O)N(S(=O)(=O)c2ccccc2)c2ccc(C#N)cc21. The molecular weight excluding hydrogens is 604 g/mol. The molecule has 11 nitrogen and oxygen atoms in total. The van der Waals surface area contributed by atoms with Gasteiger partial charge in [0.2, 0.25) is 0 Å². The molecule has 0 saturated carbocycles. The van der Waals surface area contributed by atoms with Crippen molar-refractivity contribution < 1.29 is 22.7 Å². The zero-order valence-corrected chi connectivity index (χ0v) is 26.9. The number of hydrogen-bond acceptors (Lipinski definition) is 8. The normalized spacial score (nSPS) is 21.1. The number of piperidine rings is 1. The standard InChI is InChI=1S/C34H38N6O5S/c1-3-45-31-12-8-7-11-28(31)34(36-33(42)39-21-19-38(20-22-39)26-15-17-37(2)18-16-26)29-23-25(24-35)13-14-30(29)40(32(34)41)46(43,44)27-9-5-4-6-10-27/h4-14,23,26H,3,15-22H2,1-2H3,(H,36,42). The van der Waals surface area contributed by atoms with Crippen LogP contribution in [0, 0.1) is 11.3 Å². The van der Waals surface area contributed by atoms with Crippen LogP contribution in [0.25, 0.3) is 0 Å². The van der Waals surface area contributed by atoms with Gasteiger partial charge in [0.15, 0.2) is 5.54 Å². The van der Waals surface area contributed by atoms with Gasteiger partial charge < -0.3 is 19.9 Å². The first kappa shape index (κ1) is 31.5. The van der Waals surface area contributed by atoms with Crippen LogP contribution in [0.1, 0.15) is 36.5 Å². The van der Waals surface area contributed by atoms with Crippen molar-refractivity contribution in [2.45, 2.75) is 36.2 Å². The molecule has 0 aromatic heterocycles. The second-order valence-electron chi connectivity index (χ2n) is 11.9. The first-order chi connectivity index (χ1) is 22.2. The number of amides is 3. The van der Waals surface area contributed by atoms with Gasteiger partial charge in [-0.15, -0.1) is 0 Å². The fourth-order valence-corrected chi connectivity index (χ4v) is 8.28. The fourth-order valence-electron chi connectivity index (χ4n) is 6.79. The monoisotopic (exact) mass is 642 g/mol. The van der Waals surface area contributed by atoms with Gasteiger partial charge in [-0.1, -0.05) is 36.4 Å². The Morgan fingerprint density at radius 3 is 2.30 bits per heavy atom. The van der Waals surface area contributed by atoms with Crippen LogP contribution in [0.3, 0.4) is 0 Å². The molecule has 0 aliphatic carbocycles. The smallest absolute Gasteiger partial charge is 0.318 e. The molecule has 3 aromatic carbocycles. The van der Waals surface area contributed by atoms with Gasteiger partial charge in [-0.25, -0.2) is 13.2 Å². The minimum Gasteiger partial charge on any atom is -0.493 e. The Morgan fingerprint density at radius 2 is 1.63 bits per heavy atom. The molecule has 3 heterocycles. The van der Waals surface area contributed by atoms with Crippen molar-refractivity contribution in [2.24, 2.45) is 0 Å². The van der Waals surface area contributed by atoms with Crippen LogP contribution in [0.5, 0.6) is 5.75 Å². The molecule has 3 aliphatic rings. The van der Waals surface area contributed by atoms with E-state index in [1.165, 1.54) is 30.3 Å². The van der Waals surface area contributed by atoms with E-state index in [-0.39, 0.29) is 33.9 Å². The second kappa shape index (κ2) is 12.7. The minimum atomic E-state index is -4.42. The number of ether oxygens (including phenoxy) is 1. The summed E-state index contributed by atoms with van der Waals surface area (Å²) in [6.45, 7) is 6.45. The van der Waals surface area contributed by atoms with Gasteiger partial charge in [-0.2, -0.15) is 9.57 Å². The van der Waals surface area contributed by atoms with E-state index in [0.717, 1.165) is 30.2 Å². The lowest BCUT2D eigenvalue weighted by Gasteiger charge is -2.43. The molecule has 1 unspecified atom stereocenters. The first-order valence-corrected chi connectivity index (χ1v) is 17.1. The quantitative estimate of drug-likeness (QED) is 0.416. The van der Waals surface area contributed by atoms with Crippen molar-refractivity contribution in [3.8, 4) is 11.8 Å². The third-order valence-corrected chi connectivity index (χ3v) is 10.9. The summed E-state index contributed by atoms with van der Waals surface area (Å²) >= 11 is 0. The summed E-state index contributed by atoms with van der Waals surface area (Å²) in [5.41, 5.74) is -1.27. The molecule has 3 aromatic rings. The molecule has 6 rings (SSSR count). The molecule has 46 heavy (non-hydrogen) atoms. The summed E-state index contributed by atoms with van der Waals surface area (Å²) in [6, 6.07) is 20.9. The zero-order chi connectivity index (χ0) is 32.5. The number of nitriles is 1. The molecule has 2 saturated heterocycles. The maximum atomic E-state index is 14.9. The molecule has 1 atom stereocenters. The van der Waals surface area contributed by atoms with Crippen molar-refractivity contribution in [3.05, 3.63) is 89.5 Å². The number of carbonyl (C=O) groups is 2. The van der Waals surface area contributed by atoms with Gasteiger partial charge in [0.05, 0.1) is 28.8 Å². The van der Waals surface area contributed by atoms with Crippen LogP contribution in [-0.2, 0) is 20.4 Å². The molecule has 12 heteroatoms. The molecular formula is C34H38N6O5S. The summed E-state index contributed by atoms with van der Waals surface area (Å²) in [5, 5.41) is 12.9. The predicted octanol–water partition coefficient (Wildman–Crippen LogP) is 3.36. The van der Waals surface area contributed by atoms with E-state index in [1.54, 1.807) is 54.3 Å². The summed E-state index contributed by atoms with van der Waals surface area (Å²) in [5.74, 6) is -0.565. The Bertz CT molecular complexity index is 1760. The van der Waals surface area contributed by atoms with Gasteiger partial charge >= 0.3 is 6.03 Å². The van der Waals surface area contributed by atoms with Crippen molar-refractivity contribution in [1.29, 1.82) is 5.26 Å². The summed E-state index contributed by atoms with van der Waals surface area (Å²) in [6.07, 6.45) is 2.16. The van der Waals surface area contributed by atoms with E-state index >= 15 is 0 Å². The number of sulfonamides is 1. The molecule has 0 radical (unpaired) electrons. The highest BCUT2D eigenvalue weighted by Gasteiger charge is 2.58. The number of anilines is 1. The van der Waals surface area contributed by atoms with Crippen molar-refractivity contribution in [2.75, 3.05) is 57.2 Å². The molecule has 0 bridgehead atoms. The van der Waals surface area contributed by atoms with Gasteiger partial charge in [0.25, 0.3) is 15.9 Å². The number of nitrogens with zero attached hydrogens (tertiary/aromatic N) is 5. The molecule has 240 valence electrons. The first-order valence-electron chi connectivity index (χ1n) is 15.6.